The molecule has 2 fully saturated rings. The smallest absolute Gasteiger partial charge is 0.00870 e. The van der Waals surface area contributed by atoms with Crippen LogP contribution in [0.25, 0.3) is 0 Å². The van der Waals surface area contributed by atoms with E-state index in [0.717, 1.165) is 53.3 Å². The molecule has 0 aromatic heterocycles. The molecule has 23 heavy (non-hydrogen) atoms. The van der Waals surface area contributed by atoms with Crippen molar-refractivity contribution in [1.82, 2.24) is 0 Å². The fraction of sp³-hybridized carbons (Fsp3) is 0.826. The Morgan fingerprint density at radius 3 is 2.48 bits per heavy atom. The first kappa shape index (κ1) is 16.0. The van der Waals surface area contributed by atoms with Crippen molar-refractivity contribution in [1.29, 1.82) is 0 Å². The molecule has 0 amide bonds. The van der Waals surface area contributed by atoms with Gasteiger partial charge in [0.25, 0.3) is 0 Å². The topological polar surface area (TPSA) is 0 Å². The van der Waals surface area contributed by atoms with Gasteiger partial charge in [0.2, 0.25) is 0 Å². The maximum atomic E-state index is 2.66. The van der Waals surface area contributed by atoms with Crippen molar-refractivity contribution >= 4 is 0 Å². The molecule has 0 radical (unpaired) electrons. The molecule has 4 aliphatic rings. The lowest BCUT2D eigenvalue weighted by molar-refractivity contribution is 0.0373. The first-order valence-electron chi connectivity index (χ1n) is 10.3. The molecule has 128 valence electrons. The van der Waals surface area contributed by atoms with Crippen LogP contribution in [-0.2, 0) is 0 Å². The summed E-state index contributed by atoms with van der Waals surface area (Å²) in [7, 11) is 0. The van der Waals surface area contributed by atoms with Gasteiger partial charge in [-0.2, -0.15) is 0 Å². The molecule has 2 saturated carbocycles. The zero-order chi connectivity index (χ0) is 16.4. The fourth-order valence-corrected chi connectivity index (χ4v) is 7.44. The Balaban J connectivity index is 1.72. The average Bonchev–Trinajstić information content (AvgIpc) is 3.09. The van der Waals surface area contributed by atoms with Gasteiger partial charge in [0.1, 0.15) is 0 Å². The molecule has 0 saturated heterocycles. The summed E-state index contributed by atoms with van der Waals surface area (Å²) >= 11 is 0. The van der Waals surface area contributed by atoms with Gasteiger partial charge >= 0.3 is 0 Å². The van der Waals surface area contributed by atoms with Crippen LogP contribution < -0.4 is 0 Å². The molecule has 0 aromatic rings. The van der Waals surface area contributed by atoms with Crippen LogP contribution in [0.4, 0.5) is 0 Å². The highest BCUT2D eigenvalue weighted by atomic mass is 14.6. The molecule has 0 aliphatic heterocycles. The summed E-state index contributed by atoms with van der Waals surface area (Å²) in [6.45, 7) is 12.7. The van der Waals surface area contributed by atoms with Crippen LogP contribution in [0.3, 0.4) is 0 Å². The lowest BCUT2D eigenvalue weighted by Gasteiger charge is -2.47. The van der Waals surface area contributed by atoms with E-state index in [1.807, 2.05) is 0 Å². The van der Waals surface area contributed by atoms with Gasteiger partial charge in [-0.3, -0.25) is 0 Å². The number of hydrogen-bond donors (Lipinski definition) is 0. The Morgan fingerprint density at radius 2 is 1.78 bits per heavy atom. The van der Waals surface area contributed by atoms with Gasteiger partial charge in [-0.15, -0.1) is 0 Å². The lowest BCUT2D eigenvalue weighted by atomic mass is 9.58. The molecule has 4 rings (SSSR count). The summed E-state index contributed by atoms with van der Waals surface area (Å²) in [6, 6.07) is 0. The minimum absolute atomic E-state index is 0.427. The zero-order valence-corrected chi connectivity index (χ0v) is 15.8. The summed E-state index contributed by atoms with van der Waals surface area (Å²) in [4.78, 5) is 0. The number of allylic oxidation sites excluding steroid dienone is 4. The van der Waals surface area contributed by atoms with E-state index >= 15 is 0 Å². The van der Waals surface area contributed by atoms with E-state index in [1.54, 1.807) is 0 Å². The summed E-state index contributed by atoms with van der Waals surface area (Å²) in [5.74, 6) is 8.10. The molecule has 0 heterocycles. The summed E-state index contributed by atoms with van der Waals surface area (Å²) in [5, 5.41) is 0. The molecule has 4 aliphatic carbocycles. The average molecular weight is 313 g/mol. The number of fused-ring (bicyclic) bond motifs is 7. The van der Waals surface area contributed by atoms with Crippen molar-refractivity contribution in [2.75, 3.05) is 0 Å². The van der Waals surface area contributed by atoms with Gasteiger partial charge < -0.3 is 0 Å². The SMILES string of the molecule is CCC1C=CC(C2C(C)C3CC2C2(C)C=CCC3C(C)C2C)C1. The largest absolute Gasteiger partial charge is 0.0877 e. The maximum Gasteiger partial charge on any atom is -0.00870 e. The van der Waals surface area contributed by atoms with Gasteiger partial charge in [-0.25, -0.2) is 0 Å². The third kappa shape index (κ3) is 2.16. The predicted octanol–water partition coefficient (Wildman–Crippen LogP) is 6.35. The summed E-state index contributed by atoms with van der Waals surface area (Å²) in [5.41, 5.74) is 0.427. The highest BCUT2D eigenvalue weighted by molar-refractivity contribution is 5.19. The second kappa shape index (κ2) is 5.50. The van der Waals surface area contributed by atoms with Crippen LogP contribution in [0.5, 0.6) is 0 Å². The molecule has 10 atom stereocenters. The van der Waals surface area contributed by atoms with Crippen molar-refractivity contribution in [3.8, 4) is 0 Å². The fourth-order valence-electron chi connectivity index (χ4n) is 7.44. The van der Waals surface area contributed by atoms with Crippen LogP contribution in [0.2, 0.25) is 0 Å². The van der Waals surface area contributed by atoms with E-state index in [0.29, 0.717) is 5.41 Å². The van der Waals surface area contributed by atoms with Crippen molar-refractivity contribution in [2.24, 2.45) is 58.7 Å². The molecular formula is C23H36. The van der Waals surface area contributed by atoms with E-state index in [9.17, 15) is 0 Å². The van der Waals surface area contributed by atoms with Gasteiger partial charge in [-0.1, -0.05) is 58.9 Å². The van der Waals surface area contributed by atoms with E-state index in [2.05, 4.69) is 58.9 Å². The van der Waals surface area contributed by atoms with Crippen molar-refractivity contribution < 1.29 is 0 Å². The van der Waals surface area contributed by atoms with Gasteiger partial charge in [0.05, 0.1) is 0 Å². The molecule has 0 spiro atoms. The zero-order valence-electron chi connectivity index (χ0n) is 15.8. The second-order valence-corrected chi connectivity index (χ2v) is 9.71. The van der Waals surface area contributed by atoms with E-state index in [1.165, 1.54) is 25.7 Å². The minimum Gasteiger partial charge on any atom is -0.0877 e. The third-order valence-electron chi connectivity index (χ3n) is 9.18. The van der Waals surface area contributed by atoms with E-state index in [-0.39, 0.29) is 0 Å². The standard InChI is InChI=1S/C23H36/c1-6-17-9-10-18(12-17)22-15(3)20-13-21(22)23(5)11-7-8-19(20)14(2)16(23)4/h7,9-11,14-22H,6,8,12-13H2,1-5H3. The second-order valence-electron chi connectivity index (χ2n) is 9.71. The Hall–Kier alpha value is -0.520. The summed E-state index contributed by atoms with van der Waals surface area (Å²) in [6.07, 6.45) is 16.0. The molecule has 0 N–H and O–H groups in total. The molecular weight excluding hydrogens is 276 g/mol. The Bertz CT molecular complexity index is 514. The molecule has 0 aromatic carbocycles. The minimum atomic E-state index is 0.427. The van der Waals surface area contributed by atoms with Crippen molar-refractivity contribution in [3.05, 3.63) is 24.3 Å². The van der Waals surface area contributed by atoms with Crippen LogP contribution in [0, 0.1) is 58.7 Å². The Morgan fingerprint density at radius 1 is 1.00 bits per heavy atom. The maximum absolute atomic E-state index is 2.66. The normalized spacial score (nSPS) is 57.7. The first-order chi connectivity index (χ1) is 11.0. The molecule has 0 nitrogen and oxygen atoms in total. The molecule has 10 unspecified atom stereocenters. The van der Waals surface area contributed by atoms with Crippen LogP contribution in [0.1, 0.15) is 60.3 Å². The van der Waals surface area contributed by atoms with Crippen molar-refractivity contribution in [3.63, 3.8) is 0 Å². The van der Waals surface area contributed by atoms with E-state index < -0.39 is 0 Å². The van der Waals surface area contributed by atoms with E-state index in [4.69, 9.17) is 0 Å². The number of rotatable bonds is 2. The van der Waals surface area contributed by atoms with Gasteiger partial charge in [0, 0.05) is 0 Å². The van der Waals surface area contributed by atoms with Gasteiger partial charge in [-0.05, 0) is 84.4 Å². The Kier molecular flexibility index (Phi) is 3.82. The monoisotopic (exact) mass is 312 g/mol. The van der Waals surface area contributed by atoms with Crippen LogP contribution in [-0.4, -0.2) is 0 Å². The van der Waals surface area contributed by atoms with Gasteiger partial charge in [0.15, 0.2) is 0 Å². The first-order valence-corrected chi connectivity index (χ1v) is 10.3. The van der Waals surface area contributed by atoms with Crippen molar-refractivity contribution in [2.45, 2.75) is 60.3 Å². The predicted molar refractivity (Wildman–Crippen MR) is 99.0 cm³/mol. The van der Waals surface area contributed by atoms with Crippen LogP contribution in [0.15, 0.2) is 24.3 Å². The quantitative estimate of drug-likeness (QED) is 0.521. The third-order valence-corrected chi connectivity index (χ3v) is 9.18. The molecule has 4 bridgehead atoms. The highest BCUT2D eigenvalue weighted by Crippen LogP contribution is 2.65. The Labute approximate surface area is 143 Å². The summed E-state index contributed by atoms with van der Waals surface area (Å²) < 4.78 is 0. The molecule has 0 heteroatoms. The van der Waals surface area contributed by atoms with Crippen LogP contribution >= 0.6 is 0 Å². The highest BCUT2D eigenvalue weighted by Gasteiger charge is 2.59. The lowest BCUT2D eigenvalue weighted by Crippen LogP contribution is -2.41. The number of hydrogen-bond acceptors (Lipinski definition) is 0.